The standard InChI is InChI=1S/C14H17BrN2O4/c15-10-4-5-11(12(8-10)17(20)21)16-14(9-13(18)19)6-2-1-3-7-14/h4-5,8,16H,1-3,6-7,9H2,(H,18,19). The lowest BCUT2D eigenvalue weighted by atomic mass is 9.79. The summed E-state index contributed by atoms with van der Waals surface area (Å²) >= 11 is 3.22. The molecular formula is C14H17BrN2O4. The molecule has 2 rings (SSSR count). The van der Waals surface area contributed by atoms with Gasteiger partial charge in [0.05, 0.1) is 11.3 Å². The highest BCUT2D eigenvalue weighted by molar-refractivity contribution is 9.10. The van der Waals surface area contributed by atoms with Gasteiger partial charge in [0.25, 0.3) is 5.69 Å². The van der Waals surface area contributed by atoms with Crippen LogP contribution in [0.3, 0.4) is 0 Å². The Morgan fingerprint density at radius 2 is 2.05 bits per heavy atom. The first-order valence-electron chi connectivity index (χ1n) is 6.86. The second-order valence-corrected chi connectivity index (χ2v) is 6.37. The van der Waals surface area contributed by atoms with Crippen molar-refractivity contribution < 1.29 is 14.8 Å². The quantitative estimate of drug-likeness (QED) is 0.615. The Bertz CT molecular complexity index is 556. The van der Waals surface area contributed by atoms with Crippen molar-refractivity contribution in [3.63, 3.8) is 0 Å². The minimum absolute atomic E-state index is 0.0276. The second-order valence-electron chi connectivity index (χ2n) is 5.46. The van der Waals surface area contributed by atoms with E-state index in [0.29, 0.717) is 23.0 Å². The summed E-state index contributed by atoms with van der Waals surface area (Å²) in [6.07, 6.45) is 4.35. The van der Waals surface area contributed by atoms with Crippen LogP contribution in [-0.2, 0) is 4.79 Å². The molecular weight excluding hydrogens is 340 g/mol. The predicted molar refractivity (Wildman–Crippen MR) is 82.5 cm³/mol. The minimum atomic E-state index is -0.885. The lowest BCUT2D eigenvalue weighted by Gasteiger charge is -2.37. The average Bonchev–Trinajstić information content (AvgIpc) is 2.40. The fourth-order valence-corrected chi connectivity index (χ4v) is 3.26. The van der Waals surface area contributed by atoms with Crippen molar-refractivity contribution >= 4 is 33.3 Å². The monoisotopic (exact) mass is 356 g/mol. The topological polar surface area (TPSA) is 92.5 Å². The van der Waals surface area contributed by atoms with Crippen LogP contribution >= 0.6 is 15.9 Å². The van der Waals surface area contributed by atoms with E-state index < -0.39 is 16.4 Å². The third kappa shape index (κ3) is 3.93. The number of rotatable bonds is 5. The predicted octanol–water partition coefficient (Wildman–Crippen LogP) is 3.95. The SMILES string of the molecule is O=C(O)CC1(Nc2ccc(Br)cc2[N+](=O)[O-])CCCCC1. The molecule has 0 spiro atoms. The number of halogens is 1. The van der Waals surface area contributed by atoms with E-state index in [9.17, 15) is 14.9 Å². The zero-order valence-corrected chi connectivity index (χ0v) is 13.1. The van der Waals surface area contributed by atoms with Gasteiger partial charge in [0.1, 0.15) is 5.69 Å². The van der Waals surface area contributed by atoms with Gasteiger partial charge in [-0.25, -0.2) is 0 Å². The van der Waals surface area contributed by atoms with E-state index in [1.807, 2.05) is 0 Å². The van der Waals surface area contributed by atoms with Crippen LogP contribution in [0.15, 0.2) is 22.7 Å². The first kappa shape index (κ1) is 15.8. The molecule has 0 bridgehead atoms. The molecule has 0 unspecified atom stereocenters. The normalized spacial score (nSPS) is 17.2. The fraction of sp³-hybridized carbons (Fsp3) is 0.500. The first-order valence-corrected chi connectivity index (χ1v) is 7.65. The number of hydrogen-bond donors (Lipinski definition) is 2. The van der Waals surface area contributed by atoms with Gasteiger partial charge in [0, 0.05) is 16.1 Å². The van der Waals surface area contributed by atoms with Gasteiger partial charge in [-0.3, -0.25) is 14.9 Å². The molecule has 1 aliphatic carbocycles. The highest BCUT2D eigenvalue weighted by Gasteiger charge is 2.35. The molecule has 1 aromatic carbocycles. The van der Waals surface area contributed by atoms with E-state index in [0.717, 1.165) is 19.3 Å². The lowest BCUT2D eigenvalue weighted by Crippen LogP contribution is -2.42. The lowest BCUT2D eigenvalue weighted by molar-refractivity contribution is -0.384. The highest BCUT2D eigenvalue weighted by atomic mass is 79.9. The molecule has 1 saturated carbocycles. The smallest absolute Gasteiger partial charge is 0.305 e. The summed E-state index contributed by atoms with van der Waals surface area (Å²) in [6.45, 7) is 0. The van der Waals surface area contributed by atoms with Crippen molar-refractivity contribution in [3.8, 4) is 0 Å². The molecule has 2 N–H and O–H groups in total. The van der Waals surface area contributed by atoms with E-state index in [4.69, 9.17) is 5.11 Å². The summed E-state index contributed by atoms with van der Waals surface area (Å²) in [5.41, 5.74) is -0.256. The number of hydrogen-bond acceptors (Lipinski definition) is 4. The number of carboxylic acids is 1. The van der Waals surface area contributed by atoms with Gasteiger partial charge in [0.15, 0.2) is 0 Å². The maximum atomic E-state index is 11.2. The molecule has 6 nitrogen and oxygen atoms in total. The molecule has 0 aliphatic heterocycles. The Balaban J connectivity index is 2.32. The number of aliphatic carboxylic acids is 1. The van der Waals surface area contributed by atoms with Crippen LogP contribution in [0.5, 0.6) is 0 Å². The van der Waals surface area contributed by atoms with Crippen molar-refractivity contribution in [2.75, 3.05) is 5.32 Å². The summed E-state index contributed by atoms with van der Waals surface area (Å²) in [6, 6.07) is 4.77. The number of nitro groups is 1. The maximum absolute atomic E-state index is 11.2. The molecule has 1 aliphatic rings. The third-order valence-electron chi connectivity index (χ3n) is 3.86. The molecule has 114 valence electrons. The molecule has 0 saturated heterocycles. The summed E-state index contributed by atoms with van der Waals surface area (Å²) in [4.78, 5) is 21.9. The Labute approximate surface area is 130 Å². The molecule has 21 heavy (non-hydrogen) atoms. The van der Waals surface area contributed by atoms with Crippen LogP contribution in [0.1, 0.15) is 38.5 Å². The second kappa shape index (κ2) is 6.43. The van der Waals surface area contributed by atoms with Crippen molar-refractivity contribution in [2.45, 2.75) is 44.1 Å². The molecule has 0 heterocycles. The highest BCUT2D eigenvalue weighted by Crippen LogP contribution is 2.38. The zero-order valence-electron chi connectivity index (χ0n) is 11.5. The van der Waals surface area contributed by atoms with E-state index in [-0.39, 0.29) is 12.1 Å². The Hall–Kier alpha value is -1.63. The van der Waals surface area contributed by atoms with Gasteiger partial charge >= 0.3 is 5.97 Å². The van der Waals surface area contributed by atoms with Gasteiger partial charge in [-0.2, -0.15) is 0 Å². The number of anilines is 1. The van der Waals surface area contributed by atoms with Gasteiger partial charge in [-0.1, -0.05) is 35.2 Å². The number of nitrogens with zero attached hydrogens (tertiary/aromatic N) is 1. The zero-order chi connectivity index (χ0) is 15.5. The summed E-state index contributed by atoms with van der Waals surface area (Å²) in [5, 5.41) is 23.5. The van der Waals surface area contributed by atoms with Crippen LogP contribution in [-0.4, -0.2) is 21.5 Å². The van der Waals surface area contributed by atoms with E-state index in [2.05, 4.69) is 21.2 Å². The molecule has 1 fully saturated rings. The third-order valence-corrected chi connectivity index (χ3v) is 4.35. The molecule has 1 aromatic rings. The van der Waals surface area contributed by atoms with Gasteiger partial charge in [-0.05, 0) is 25.0 Å². The number of benzene rings is 1. The number of nitro benzene ring substituents is 1. The van der Waals surface area contributed by atoms with Crippen molar-refractivity contribution in [2.24, 2.45) is 0 Å². The largest absolute Gasteiger partial charge is 0.481 e. The molecule has 0 atom stereocenters. The van der Waals surface area contributed by atoms with Crippen LogP contribution in [0.25, 0.3) is 0 Å². The van der Waals surface area contributed by atoms with Gasteiger partial charge in [0.2, 0.25) is 0 Å². The molecule has 7 heteroatoms. The maximum Gasteiger partial charge on any atom is 0.305 e. The van der Waals surface area contributed by atoms with Crippen molar-refractivity contribution in [1.29, 1.82) is 0 Å². The van der Waals surface area contributed by atoms with Crippen molar-refractivity contribution in [1.82, 2.24) is 0 Å². The average molecular weight is 357 g/mol. The molecule has 0 amide bonds. The van der Waals surface area contributed by atoms with E-state index >= 15 is 0 Å². The Morgan fingerprint density at radius 1 is 1.38 bits per heavy atom. The number of carboxylic acid groups (broad SMARTS) is 1. The van der Waals surface area contributed by atoms with Crippen molar-refractivity contribution in [3.05, 3.63) is 32.8 Å². The van der Waals surface area contributed by atoms with Crippen LogP contribution in [0.2, 0.25) is 0 Å². The van der Waals surface area contributed by atoms with Crippen LogP contribution < -0.4 is 5.32 Å². The van der Waals surface area contributed by atoms with Gasteiger partial charge in [-0.15, -0.1) is 0 Å². The Morgan fingerprint density at radius 3 is 2.62 bits per heavy atom. The minimum Gasteiger partial charge on any atom is -0.481 e. The summed E-state index contributed by atoms with van der Waals surface area (Å²) in [7, 11) is 0. The summed E-state index contributed by atoms with van der Waals surface area (Å²) in [5.74, 6) is -0.885. The summed E-state index contributed by atoms with van der Waals surface area (Å²) < 4.78 is 0.621. The first-order chi connectivity index (χ1) is 9.92. The number of carbonyl (C=O) groups is 1. The Kier molecular flexibility index (Phi) is 4.82. The van der Waals surface area contributed by atoms with Gasteiger partial charge < -0.3 is 10.4 Å². The number of nitrogens with one attached hydrogen (secondary N) is 1. The van der Waals surface area contributed by atoms with Crippen LogP contribution in [0.4, 0.5) is 11.4 Å². The van der Waals surface area contributed by atoms with Crippen LogP contribution in [0, 0.1) is 10.1 Å². The molecule has 0 radical (unpaired) electrons. The fourth-order valence-electron chi connectivity index (χ4n) is 2.91. The van der Waals surface area contributed by atoms with E-state index in [1.165, 1.54) is 6.07 Å². The molecule has 0 aromatic heterocycles. The van der Waals surface area contributed by atoms with E-state index in [1.54, 1.807) is 12.1 Å².